The lowest BCUT2D eigenvalue weighted by molar-refractivity contribution is -0.140. The number of imidazole rings is 1. The van der Waals surface area contributed by atoms with Crippen LogP contribution in [-0.4, -0.2) is 52.0 Å². The highest BCUT2D eigenvalue weighted by atomic mass is 16.5. The molecule has 0 spiro atoms. The van der Waals surface area contributed by atoms with Crippen LogP contribution in [0.3, 0.4) is 0 Å². The molecule has 3 aromatic rings. The molecule has 1 aliphatic rings. The van der Waals surface area contributed by atoms with Crippen LogP contribution >= 0.6 is 0 Å². The number of hydrogen-bond donors (Lipinski definition) is 1. The van der Waals surface area contributed by atoms with Gasteiger partial charge in [-0.05, 0) is 25.5 Å². The number of ketones is 1. The Hall–Kier alpha value is -4.07. The van der Waals surface area contributed by atoms with E-state index in [2.05, 4.69) is 4.98 Å². The summed E-state index contributed by atoms with van der Waals surface area (Å²) in [6.45, 7) is 2.88. The van der Waals surface area contributed by atoms with Crippen LogP contribution in [0, 0.1) is 6.92 Å². The second-order valence-corrected chi connectivity index (χ2v) is 8.12. The van der Waals surface area contributed by atoms with Crippen LogP contribution in [0.4, 0.5) is 0 Å². The molecule has 1 aliphatic heterocycles. The van der Waals surface area contributed by atoms with E-state index in [4.69, 9.17) is 9.47 Å². The summed E-state index contributed by atoms with van der Waals surface area (Å²) in [5.74, 6) is -0.541. The van der Waals surface area contributed by atoms with Gasteiger partial charge in [-0.2, -0.15) is 0 Å². The fourth-order valence-electron chi connectivity index (χ4n) is 4.19. The Morgan fingerprint density at radius 1 is 1.06 bits per heavy atom. The average Bonchev–Trinajstić information content (AvgIpc) is 3.46. The summed E-state index contributed by atoms with van der Waals surface area (Å²) in [6.07, 6.45) is 5.84. The molecule has 2 heterocycles. The van der Waals surface area contributed by atoms with Crippen molar-refractivity contribution in [3.8, 4) is 11.5 Å². The quantitative estimate of drug-likeness (QED) is 0.312. The van der Waals surface area contributed by atoms with Gasteiger partial charge in [-0.3, -0.25) is 9.59 Å². The summed E-state index contributed by atoms with van der Waals surface area (Å²) >= 11 is 0. The highest BCUT2D eigenvalue weighted by Gasteiger charge is 2.46. The fraction of sp³-hybridized carbons (Fsp3) is 0.269. The van der Waals surface area contributed by atoms with E-state index in [-0.39, 0.29) is 11.3 Å². The number of aliphatic hydroxyl groups is 1. The standard InChI is InChI=1S/C26H27N3O5/c1-17-5-7-18(8-6-17)24(30)22-23(20-10-9-19(33-2)15-21(20)34-3)29(26(32)25(22)31)13-4-12-28-14-11-27-16-28/h5-11,14-16,23,30H,4,12-13H2,1-3H3/t23-/m0/s1. The van der Waals surface area contributed by atoms with E-state index >= 15 is 0 Å². The molecule has 0 unspecified atom stereocenters. The molecule has 1 fully saturated rings. The van der Waals surface area contributed by atoms with E-state index in [1.165, 1.54) is 12.0 Å². The lowest BCUT2D eigenvalue weighted by Crippen LogP contribution is -2.31. The van der Waals surface area contributed by atoms with Crippen LogP contribution in [0.1, 0.15) is 29.2 Å². The normalized spacial score (nSPS) is 17.3. The minimum Gasteiger partial charge on any atom is -0.507 e. The smallest absolute Gasteiger partial charge is 0.295 e. The van der Waals surface area contributed by atoms with Crippen molar-refractivity contribution in [2.45, 2.75) is 25.9 Å². The molecule has 176 valence electrons. The summed E-state index contributed by atoms with van der Waals surface area (Å²) in [4.78, 5) is 31.9. The Balaban J connectivity index is 1.79. The predicted molar refractivity (Wildman–Crippen MR) is 127 cm³/mol. The number of aliphatic hydroxyl groups excluding tert-OH is 1. The van der Waals surface area contributed by atoms with Crippen LogP contribution in [0.15, 0.2) is 66.8 Å². The molecule has 1 aromatic heterocycles. The van der Waals surface area contributed by atoms with Crippen molar-refractivity contribution in [1.82, 2.24) is 14.5 Å². The molecule has 0 aliphatic carbocycles. The van der Waals surface area contributed by atoms with Crippen molar-refractivity contribution >= 4 is 17.4 Å². The first-order valence-corrected chi connectivity index (χ1v) is 11.0. The molecule has 4 rings (SSSR count). The van der Waals surface area contributed by atoms with Gasteiger partial charge in [0.15, 0.2) is 0 Å². The maximum atomic E-state index is 13.2. The van der Waals surface area contributed by atoms with Gasteiger partial charge in [0, 0.05) is 42.7 Å². The van der Waals surface area contributed by atoms with Crippen molar-refractivity contribution in [1.29, 1.82) is 0 Å². The molecule has 1 saturated heterocycles. The highest BCUT2D eigenvalue weighted by molar-refractivity contribution is 6.46. The van der Waals surface area contributed by atoms with Crippen molar-refractivity contribution in [2.24, 2.45) is 0 Å². The zero-order valence-corrected chi connectivity index (χ0v) is 19.4. The summed E-state index contributed by atoms with van der Waals surface area (Å²) in [5, 5.41) is 11.2. The van der Waals surface area contributed by atoms with Crippen LogP contribution in [0.2, 0.25) is 0 Å². The monoisotopic (exact) mass is 461 g/mol. The number of methoxy groups -OCH3 is 2. The average molecular weight is 462 g/mol. The lowest BCUT2D eigenvalue weighted by atomic mass is 9.94. The zero-order valence-electron chi connectivity index (χ0n) is 19.4. The molecule has 0 bridgehead atoms. The zero-order chi connectivity index (χ0) is 24.2. The predicted octanol–water partition coefficient (Wildman–Crippen LogP) is 3.72. The first kappa shape index (κ1) is 23.1. The second kappa shape index (κ2) is 9.82. The van der Waals surface area contributed by atoms with Crippen molar-refractivity contribution in [3.05, 3.63) is 83.4 Å². The van der Waals surface area contributed by atoms with Crippen LogP contribution < -0.4 is 9.47 Å². The Morgan fingerprint density at radius 2 is 1.82 bits per heavy atom. The summed E-state index contributed by atoms with van der Waals surface area (Å²) < 4.78 is 12.8. The SMILES string of the molecule is COc1ccc([C@H]2C(=C(O)c3ccc(C)cc3)C(=O)C(=O)N2CCCn2ccnc2)c(OC)c1. The maximum absolute atomic E-state index is 13.2. The number of hydrogen-bond acceptors (Lipinski definition) is 6. The van der Waals surface area contributed by atoms with E-state index in [1.807, 2.05) is 29.8 Å². The van der Waals surface area contributed by atoms with E-state index in [9.17, 15) is 14.7 Å². The van der Waals surface area contributed by atoms with Crippen LogP contribution in [0.5, 0.6) is 11.5 Å². The van der Waals surface area contributed by atoms with Gasteiger partial charge in [0.2, 0.25) is 0 Å². The Morgan fingerprint density at radius 3 is 2.47 bits per heavy atom. The molecule has 8 heteroatoms. The van der Waals surface area contributed by atoms with E-state index in [0.717, 1.165) is 5.56 Å². The number of aryl methyl sites for hydroxylation is 2. The number of ether oxygens (including phenoxy) is 2. The van der Waals surface area contributed by atoms with Gasteiger partial charge in [-0.1, -0.05) is 29.8 Å². The molecule has 1 N–H and O–H groups in total. The molecule has 2 aromatic carbocycles. The Bertz CT molecular complexity index is 1220. The van der Waals surface area contributed by atoms with E-state index in [0.29, 0.717) is 42.1 Å². The molecule has 1 atom stereocenters. The van der Waals surface area contributed by atoms with Gasteiger partial charge in [0.1, 0.15) is 17.3 Å². The third-order valence-corrected chi connectivity index (χ3v) is 5.97. The summed E-state index contributed by atoms with van der Waals surface area (Å²) in [7, 11) is 3.07. The largest absolute Gasteiger partial charge is 0.507 e. The third-order valence-electron chi connectivity index (χ3n) is 5.97. The third kappa shape index (κ3) is 4.39. The Labute approximate surface area is 198 Å². The first-order valence-electron chi connectivity index (χ1n) is 11.0. The number of Topliss-reactive ketones (excluding diaryl/α,β-unsaturated/α-hetero) is 1. The molecule has 1 amide bonds. The number of likely N-dealkylation sites (tertiary alicyclic amines) is 1. The minimum atomic E-state index is -0.801. The lowest BCUT2D eigenvalue weighted by Gasteiger charge is -2.27. The van der Waals surface area contributed by atoms with Gasteiger partial charge in [0.05, 0.1) is 32.2 Å². The molecular weight excluding hydrogens is 434 g/mol. The molecule has 0 radical (unpaired) electrons. The van der Waals surface area contributed by atoms with Gasteiger partial charge >= 0.3 is 0 Å². The number of nitrogens with zero attached hydrogens (tertiary/aromatic N) is 3. The molecule has 8 nitrogen and oxygen atoms in total. The van der Waals surface area contributed by atoms with Crippen LogP contribution in [0.25, 0.3) is 5.76 Å². The number of carbonyl (C=O) groups is 2. The maximum Gasteiger partial charge on any atom is 0.295 e. The molecule has 34 heavy (non-hydrogen) atoms. The second-order valence-electron chi connectivity index (χ2n) is 8.12. The highest BCUT2D eigenvalue weighted by Crippen LogP contribution is 2.43. The summed E-state index contributed by atoms with van der Waals surface area (Å²) in [5.41, 5.74) is 2.13. The Kier molecular flexibility index (Phi) is 6.67. The molecular formula is C26H27N3O5. The van der Waals surface area contributed by atoms with E-state index in [1.54, 1.807) is 50.0 Å². The van der Waals surface area contributed by atoms with Crippen LogP contribution in [-0.2, 0) is 16.1 Å². The molecule has 0 saturated carbocycles. The fourth-order valence-corrected chi connectivity index (χ4v) is 4.19. The number of aromatic nitrogens is 2. The number of rotatable bonds is 8. The van der Waals surface area contributed by atoms with Gasteiger partial charge < -0.3 is 24.0 Å². The van der Waals surface area contributed by atoms with Crippen molar-refractivity contribution < 1.29 is 24.2 Å². The van der Waals surface area contributed by atoms with Crippen molar-refractivity contribution in [2.75, 3.05) is 20.8 Å². The minimum absolute atomic E-state index is 0.0416. The van der Waals surface area contributed by atoms with Gasteiger partial charge in [-0.15, -0.1) is 0 Å². The number of carbonyl (C=O) groups excluding carboxylic acids is 2. The topological polar surface area (TPSA) is 93.9 Å². The summed E-state index contributed by atoms with van der Waals surface area (Å²) in [6, 6.07) is 11.6. The van der Waals surface area contributed by atoms with Gasteiger partial charge in [0.25, 0.3) is 11.7 Å². The van der Waals surface area contributed by atoms with E-state index < -0.39 is 17.7 Å². The first-order chi connectivity index (χ1) is 16.4. The van der Waals surface area contributed by atoms with Crippen molar-refractivity contribution in [3.63, 3.8) is 0 Å². The number of benzene rings is 2. The number of amides is 1. The van der Waals surface area contributed by atoms with Gasteiger partial charge in [-0.25, -0.2) is 4.98 Å².